The fourth-order valence-corrected chi connectivity index (χ4v) is 3.32. The maximum Gasteiger partial charge on any atom is 0.414 e. The average molecular weight is 432 g/mol. The molecule has 0 saturated carbocycles. The lowest BCUT2D eigenvalue weighted by atomic mass is 10.1. The van der Waals surface area contributed by atoms with Crippen LogP contribution in [0.2, 0.25) is 0 Å². The maximum absolute atomic E-state index is 11.8. The summed E-state index contributed by atoms with van der Waals surface area (Å²) < 4.78 is 10.4. The molecule has 1 fully saturated rings. The van der Waals surface area contributed by atoms with Crippen molar-refractivity contribution >= 4 is 34.9 Å². The first-order chi connectivity index (χ1) is 15.6. The number of amides is 1. The molecule has 0 unspecified atom stereocenters. The van der Waals surface area contributed by atoms with E-state index in [1.807, 2.05) is 37.4 Å². The van der Waals surface area contributed by atoms with E-state index in [2.05, 4.69) is 20.6 Å². The summed E-state index contributed by atoms with van der Waals surface area (Å²) in [4.78, 5) is 22.0. The molecule has 3 aromatic rings. The van der Waals surface area contributed by atoms with Gasteiger partial charge in [-0.15, -0.1) is 0 Å². The monoisotopic (exact) mass is 432 g/mol. The molecular formula is C23H24N6O3. The van der Waals surface area contributed by atoms with Gasteiger partial charge in [0, 0.05) is 30.6 Å². The molecule has 1 aliphatic rings. The van der Waals surface area contributed by atoms with Crippen LogP contribution < -0.4 is 26.0 Å². The second-order valence-electron chi connectivity index (χ2n) is 7.01. The van der Waals surface area contributed by atoms with Crippen molar-refractivity contribution in [3.63, 3.8) is 0 Å². The number of ether oxygens (including phenoxy) is 2. The molecule has 0 spiro atoms. The first kappa shape index (κ1) is 21.0. The number of nitrogens with one attached hydrogen (secondary N) is 2. The van der Waals surface area contributed by atoms with Gasteiger partial charge in [0.1, 0.15) is 12.4 Å². The Labute approximate surface area is 185 Å². The minimum atomic E-state index is -0.374. The zero-order valence-corrected chi connectivity index (χ0v) is 17.8. The number of methoxy groups -OCH3 is 1. The Hall–Kier alpha value is -4.27. The fourth-order valence-electron chi connectivity index (χ4n) is 3.32. The number of hydrogen-bond acceptors (Lipinski definition) is 6. The number of aliphatic imine (C=N–C) groups is 1. The van der Waals surface area contributed by atoms with Crippen LogP contribution in [-0.2, 0) is 4.74 Å². The zero-order chi connectivity index (χ0) is 22.5. The van der Waals surface area contributed by atoms with Crippen molar-refractivity contribution in [1.29, 1.82) is 0 Å². The van der Waals surface area contributed by atoms with E-state index in [0.717, 1.165) is 16.8 Å². The summed E-state index contributed by atoms with van der Waals surface area (Å²) in [6.45, 7) is 0.869. The first-order valence-electron chi connectivity index (χ1n) is 10.0. The minimum Gasteiger partial charge on any atom is -0.494 e. The smallest absolute Gasteiger partial charge is 0.414 e. The fraction of sp³-hybridized carbons (Fsp3) is 0.174. The maximum atomic E-state index is 11.8. The molecule has 0 atom stereocenters. The number of cyclic esters (lactones) is 1. The van der Waals surface area contributed by atoms with Crippen molar-refractivity contribution in [1.82, 2.24) is 4.98 Å². The summed E-state index contributed by atoms with van der Waals surface area (Å²) >= 11 is 0. The predicted octanol–water partition coefficient (Wildman–Crippen LogP) is 3.81. The normalized spacial score (nSPS) is 13.6. The molecule has 4 N–H and O–H groups in total. The van der Waals surface area contributed by atoms with Gasteiger partial charge >= 0.3 is 6.09 Å². The van der Waals surface area contributed by atoms with Gasteiger partial charge < -0.3 is 25.8 Å². The summed E-state index contributed by atoms with van der Waals surface area (Å²) in [5.41, 5.74) is 10.5. The van der Waals surface area contributed by atoms with Crippen LogP contribution in [-0.4, -0.2) is 44.3 Å². The molecule has 1 saturated heterocycles. The average Bonchev–Trinajstić information content (AvgIpc) is 3.25. The van der Waals surface area contributed by atoms with Gasteiger partial charge in [-0.05, 0) is 42.0 Å². The molecule has 2 heterocycles. The molecule has 9 heteroatoms. The molecule has 4 rings (SSSR count). The van der Waals surface area contributed by atoms with E-state index in [9.17, 15) is 4.79 Å². The van der Waals surface area contributed by atoms with Crippen molar-refractivity contribution in [3.05, 3.63) is 60.8 Å². The van der Waals surface area contributed by atoms with Gasteiger partial charge in [-0.25, -0.2) is 9.78 Å². The van der Waals surface area contributed by atoms with Crippen LogP contribution in [0.3, 0.4) is 0 Å². The summed E-state index contributed by atoms with van der Waals surface area (Å²) in [5, 5.41) is 6.12. The first-order valence-corrected chi connectivity index (χ1v) is 10.0. The molecular weight excluding hydrogens is 408 g/mol. The lowest BCUT2D eigenvalue weighted by Crippen LogP contribution is -2.24. The summed E-state index contributed by atoms with van der Waals surface area (Å²) in [7, 11) is 3.43. The molecule has 0 bridgehead atoms. The largest absolute Gasteiger partial charge is 0.494 e. The van der Waals surface area contributed by atoms with Gasteiger partial charge in [0.2, 0.25) is 0 Å². The number of carbonyl (C=O) groups excluding carboxylic acids is 1. The Morgan fingerprint density at radius 2 is 1.94 bits per heavy atom. The van der Waals surface area contributed by atoms with Crippen molar-refractivity contribution in [3.8, 4) is 16.9 Å². The zero-order valence-electron chi connectivity index (χ0n) is 17.8. The van der Waals surface area contributed by atoms with E-state index in [-0.39, 0.29) is 12.1 Å². The lowest BCUT2D eigenvalue weighted by Gasteiger charge is -2.16. The summed E-state index contributed by atoms with van der Waals surface area (Å²) in [6.07, 6.45) is 1.38. The molecule has 32 heavy (non-hydrogen) atoms. The highest BCUT2D eigenvalue weighted by Gasteiger charge is 2.24. The van der Waals surface area contributed by atoms with Gasteiger partial charge in [-0.1, -0.05) is 12.1 Å². The highest BCUT2D eigenvalue weighted by molar-refractivity contribution is 5.96. The molecule has 1 amide bonds. The Morgan fingerprint density at radius 1 is 1.16 bits per heavy atom. The number of pyridine rings is 1. The Bertz CT molecular complexity index is 1130. The van der Waals surface area contributed by atoms with Crippen molar-refractivity contribution in [2.75, 3.05) is 42.8 Å². The van der Waals surface area contributed by atoms with Crippen LogP contribution in [0, 0.1) is 0 Å². The van der Waals surface area contributed by atoms with E-state index in [1.165, 1.54) is 0 Å². The van der Waals surface area contributed by atoms with E-state index in [1.54, 1.807) is 42.5 Å². The number of nitrogens with two attached hydrogens (primary N) is 1. The van der Waals surface area contributed by atoms with Crippen molar-refractivity contribution < 1.29 is 14.3 Å². The number of aromatic nitrogens is 1. The molecule has 0 radical (unpaired) electrons. The second kappa shape index (κ2) is 9.25. The quantitative estimate of drug-likeness (QED) is 0.401. The number of rotatable bonds is 6. The highest BCUT2D eigenvalue weighted by atomic mass is 16.6. The van der Waals surface area contributed by atoms with Gasteiger partial charge in [-0.3, -0.25) is 4.90 Å². The van der Waals surface area contributed by atoms with Crippen LogP contribution in [0.5, 0.6) is 5.75 Å². The summed E-state index contributed by atoms with van der Waals surface area (Å²) in [6, 6.07) is 17.1. The second-order valence-corrected chi connectivity index (χ2v) is 7.01. The number of benzene rings is 2. The minimum absolute atomic E-state index is 0.162. The molecule has 164 valence electrons. The Morgan fingerprint density at radius 3 is 2.56 bits per heavy atom. The van der Waals surface area contributed by atoms with Crippen LogP contribution in [0.4, 0.5) is 27.7 Å². The topological polar surface area (TPSA) is 114 Å². The van der Waals surface area contributed by atoms with Crippen LogP contribution in [0.15, 0.2) is 65.8 Å². The third-order valence-corrected chi connectivity index (χ3v) is 5.01. The number of carbonyl (C=O) groups is 1. The van der Waals surface area contributed by atoms with Gasteiger partial charge in [0.15, 0.2) is 11.8 Å². The molecule has 9 nitrogen and oxygen atoms in total. The van der Waals surface area contributed by atoms with Crippen molar-refractivity contribution in [2.24, 2.45) is 10.7 Å². The molecule has 0 aliphatic carbocycles. The number of guanidine groups is 1. The van der Waals surface area contributed by atoms with Gasteiger partial charge in [0.25, 0.3) is 0 Å². The van der Waals surface area contributed by atoms with Gasteiger partial charge in [0.05, 0.1) is 25.0 Å². The third kappa shape index (κ3) is 4.56. The lowest BCUT2D eigenvalue weighted by molar-refractivity contribution is 0.181. The van der Waals surface area contributed by atoms with E-state index in [0.29, 0.717) is 36.1 Å². The van der Waals surface area contributed by atoms with Crippen LogP contribution in [0.1, 0.15) is 0 Å². The van der Waals surface area contributed by atoms with E-state index >= 15 is 0 Å². The Kier molecular flexibility index (Phi) is 6.07. The standard InChI is InChI=1S/C23H24N6O3/c1-25-17-6-3-15(4-7-17)16-5-10-21(26-14-16)28-22(24)27-19-9-8-18(13-20(19)31-2)29-11-12-32-23(29)30/h3-10,13-14,25H,11-12H2,1-2H3,(H3,24,26,27,28). The third-order valence-electron chi connectivity index (χ3n) is 5.01. The molecule has 1 aliphatic heterocycles. The summed E-state index contributed by atoms with van der Waals surface area (Å²) in [5.74, 6) is 1.16. The van der Waals surface area contributed by atoms with E-state index in [4.69, 9.17) is 15.2 Å². The molecule has 2 aromatic carbocycles. The highest BCUT2D eigenvalue weighted by Crippen LogP contribution is 2.31. The Balaban J connectivity index is 1.47. The van der Waals surface area contributed by atoms with Crippen LogP contribution >= 0.6 is 0 Å². The van der Waals surface area contributed by atoms with Crippen molar-refractivity contribution in [2.45, 2.75) is 0 Å². The van der Waals surface area contributed by atoms with E-state index < -0.39 is 0 Å². The number of anilines is 3. The number of nitrogens with zero attached hydrogens (tertiary/aromatic N) is 3. The molecule has 1 aromatic heterocycles. The van der Waals surface area contributed by atoms with Gasteiger partial charge in [-0.2, -0.15) is 4.99 Å². The SMILES string of the molecule is CNc1ccc(-c2ccc(N=C(N)Nc3ccc(N4CCOC4=O)cc3OC)nc2)cc1. The van der Waals surface area contributed by atoms with Crippen LogP contribution in [0.25, 0.3) is 11.1 Å². The number of hydrogen-bond donors (Lipinski definition) is 3. The predicted molar refractivity (Wildman–Crippen MR) is 126 cm³/mol.